The van der Waals surface area contributed by atoms with Gasteiger partial charge in [0.05, 0.1) is 43.3 Å². The van der Waals surface area contributed by atoms with E-state index in [1.165, 1.54) is 21.1 Å². The molecule has 0 unspecified atom stereocenters. The van der Waals surface area contributed by atoms with E-state index in [1.54, 1.807) is 73.4 Å². The Labute approximate surface area is 220 Å². The van der Waals surface area contributed by atoms with Crippen LogP contribution in [0.25, 0.3) is 0 Å². The van der Waals surface area contributed by atoms with Gasteiger partial charge in [-0.15, -0.1) is 0 Å². The predicted octanol–water partition coefficient (Wildman–Crippen LogP) is 3.06. The molecule has 2 amide bonds. The monoisotopic (exact) mass is 520 g/mol. The Morgan fingerprint density at radius 3 is 2.03 bits per heavy atom. The predicted molar refractivity (Wildman–Crippen MR) is 141 cm³/mol. The summed E-state index contributed by atoms with van der Waals surface area (Å²) in [5.74, 6) is -4.18. The number of methoxy groups -OCH3 is 2. The Kier molecular flexibility index (Phi) is 7.54. The summed E-state index contributed by atoms with van der Waals surface area (Å²) in [6.07, 6.45) is 1.16. The van der Waals surface area contributed by atoms with E-state index in [9.17, 15) is 19.5 Å². The second-order valence-corrected chi connectivity index (χ2v) is 9.67. The molecule has 1 heterocycles. The number of carbonyl (C=O) groups is 3. The third-order valence-electron chi connectivity index (χ3n) is 7.19. The number of aliphatic hydroxyl groups is 1. The number of ketones is 1. The number of Topliss-reactive ketones (excluding diaryl/α,β-unsaturated/α-hetero) is 1. The van der Waals surface area contributed by atoms with Gasteiger partial charge in [-0.3, -0.25) is 19.1 Å². The molecule has 38 heavy (non-hydrogen) atoms. The Morgan fingerprint density at radius 1 is 1.00 bits per heavy atom. The van der Waals surface area contributed by atoms with Gasteiger partial charge in [-0.2, -0.15) is 5.10 Å². The highest BCUT2D eigenvalue weighted by atomic mass is 16.5. The zero-order chi connectivity index (χ0) is 27.6. The van der Waals surface area contributed by atoms with E-state index >= 15 is 0 Å². The fraction of sp³-hybridized carbons (Fsp3) is 0.357. The molecule has 10 nitrogen and oxygen atoms in total. The molecule has 0 aliphatic heterocycles. The zero-order valence-electron chi connectivity index (χ0n) is 22.0. The first-order chi connectivity index (χ1) is 18.1. The van der Waals surface area contributed by atoms with Crippen molar-refractivity contribution in [1.29, 1.82) is 0 Å². The number of anilines is 2. The number of aryl methyl sites for hydroxylation is 1. The maximum absolute atomic E-state index is 13.9. The van der Waals surface area contributed by atoms with Gasteiger partial charge in [-0.25, -0.2) is 0 Å². The van der Waals surface area contributed by atoms with E-state index < -0.39 is 41.0 Å². The van der Waals surface area contributed by atoms with Crippen LogP contribution in [0.2, 0.25) is 0 Å². The number of para-hydroxylation sites is 4. The maximum atomic E-state index is 13.9. The van der Waals surface area contributed by atoms with Crippen LogP contribution in [0.1, 0.15) is 30.5 Å². The zero-order valence-corrected chi connectivity index (χ0v) is 22.0. The van der Waals surface area contributed by atoms with E-state index in [0.717, 1.165) is 0 Å². The molecule has 3 aromatic rings. The van der Waals surface area contributed by atoms with Gasteiger partial charge in [-0.05, 0) is 43.7 Å². The number of benzene rings is 2. The maximum Gasteiger partial charge on any atom is 0.235 e. The molecule has 3 N–H and O–H groups in total. The largest absolute Gasteiger partial charge is 0.495 e. The summed E-state index contributed by atoms with van der Waals surface area (Å²) < 4.78 is 12.3. The molecule has 2 aromatic carbocycles. The van der Waals surface area contributed by atoms with E-state index in [0.29, 0.717) is 34.1 Å². The summed E-state index contributed by atoms with van der Waals surface area (Å²) in [4.78, 5) is 41.1. The molecule has 1 aliphatic carbocycles. The number of aromatic nitrogens is 2. The molecule has 200 valence electrons. The van der Waals surface area contributed by atoms with Gasteiger partial charge in [0, 0.05) is 25.1 Å². The molecule has 0 spiro atoms. The number of carbonyl (C=O) groups excluding carboxylic acids is 3. The lowest BCUT2D eigenvalue weighted by Crippen LogP contribution is -2.56. The molecule has 4 rings (SSSR count). The van der Waals surface area contributed by atoms with Crippen LogP contribution in [-0.2, 0) is 21.4 Å². The van der Waals surface area contributed by atoms with Crippen molar-refractivity contribution in [2.75, 3.05) is 24.9 Å². The molecule has 0 saturated heterocycles. The van der Waals surface area contributed by atoms with Crippen molar-refractivity contribution < 1.29 is 29.0 Å². The van der Waals surface area contributed by atoms with Crippen molar-refractivity contribution in [1.82, 2.24) is 9.78 Å². The highest BCUT2D eigenvalue weighted by molar-refractivity contribution is 6.11. The lowest BCUT2D eigenvalue weighted by molar-refractivity contribution is -0.150. The third kappa shape index (κ3) is 4.99. The second kappa shape index (κ2) is 10.7. The fourth-order valence-corrected chi connectivity index (χ4v) is 5.23. The number of ether oxygens (including phenoxy) is 2. The van der Waals surface area contributed by atoms with Gasteiger partial charge in [0.25, 0.3) is 0 Å². The molecular formula is C28H32N4O6. The number of hydrogen-bond acceptors (Lipinski definition) is 7. The van der Waals surface area contributed by atoms with Crippen LogP contribution >= 0.6 is 0 Å². The average Bonchev–Trinajstić information content (AvgIpc) is 3.21. The average molecular weight is 521 g/mol. The summed E-state index contributed by atoms with van der Waals surface area (Å²) in [7, 11) is 4.70. The van der Waals surface area contributed by atoms with Crippen LogP contribution in [0.5, 0.6) is 11.5 Å². The second-order valence-electron chi connectivity index (χ2n) is 9.67. The number of rotatable bonds is 7. The van der Waals surface area contributed by atoms with Crippen LogP contribution in [0, 0.1) is 18.8 Å². The van der Waals surface area contributed by atoms with Crippen molar-refractivity contribution >= 4 is 29.0 Å². The normalized spacial score (nSPS) is 23.0. The number of nitrogens with zero attached hydrogens (tertiary/aromatic N) is 2. The van der Waals surface area contributed by atoms with Crippen LogP contribution < -0.4 is 20.1 Å². The Balaban J connectivity index is 1.80. The summed E-state index contributed by atoms with van der Waals surface area (Å²) in [5.41, 5.74) is 0.259. The van der Waals surface area contributed by atoms with Crippen molar-refractivity contribution in [3.05, 3.63) is 66.0 Å². The van der Waals surface area contributed by atoms with Gasteiger partial charge in [0.15, 0.2) is 0 Å². The first-order valence-electron chi connectivity index (χ1n) is 12.2. The quantitative estimate of drug-likeness (QED) is 0.408. The molecule has 1 fully saturated rings. The number of hydrogen-bond donors (Lipinski definition) is 3. The van der Waals surface area contributed by atoms with Crippen molar-refractivity contribution in [3.63, 3.8) is 0 Å². The van der Waals surface area contributed by atoms with Crippen LogP contribution in [-0.4, -0.2) is 52.3 Å². The van der Waals surface area contributed by atoms with E-state index in [-0.39, 0.29) is 6.42 Å². The smallest absolute Gasteiger partial charge is 0.235 e. The van der Waals surface area contributed by atoms with Crippen LogP contribution in [0.4, 0.5) is 11.4 Å². The number of nitrogens with one attached hydrogen (secondary N) is 2. The Hall–Kier alpha value is -4.18. The first kappa shape index (κ1) is 26.9. The highest BCUT2D eigenvalue weighted by Crippen LogP contribution is 2.47. The van der Waals surface area contributed by atoms with Crippen molar-refractivity contribution in [2.24, 2.45) is 18.9 Å². The summed E-state index contributed by atoms with van der Waals surface area (Å²) in [5, 5.41) is 21.4. The molecule has 1 aromatic heterocycles. The number of amides is 2. The van der Waals surface area contributed by atoms with Crippen LogP contribution in [0.15, 0.2) is 54.7 Å². The highest BCUT2D eigenvalue weighted by Gasteiger charge is 2.56. The van der Waals surface area contributed by atoms with Gasteiger partial charge >= 0.3 is 0 Å². The molecule has 1 saturated carbocycles. The third-order valence-corrected chi connectivity index (χ3v) is 7.19. The molecule has 0 radical (unpaired) electrons. The van der Waals surface area contributed by atoms with Crippen molar-refractivity contribution in [3.8, 4) is 11.5 Å². The van der Waals surface area contributed by atoms with E-state index in [4.69, 9.17) is 9.47 Å². The van der Waals surface area contributed by atoms with Gasteiger partial charge < -0.3 is 25.2 Å². The minimum absolute atomic E-state index is 0.378. The standard InChI is InChI=1S/C28H32N4O6/c1-16-17(15-29-32(16)3)23-24(26(34)30-18-10-6-8-12-21(18)37-4)20(33)14-28(2,36)25(23)27(35)31-19-11-7-9-13-22(19)38-5/h6-13,15,23-25,36H,14H2,1-5H3,(H,30,34)(H,31,35)/t23-,24+,25-,28-/m0/s1. The van der Waals surface area contributed by atoms with Gasteiger partial charge in [0.1, 0.15) is 23.2 Å². The fourth-order valence-electron chi connectivity index (χ4n) is 5.23. The lowest BCUT2D eigenvalue weighted by Gasteiger charge is -2.44. The molecule has 4 atom stereocenters. The SMILES string of the molecule is COc1ccccc1NC(=O)[C@@H]1C(=O)C[C@](C)(O)[C@H](C(=O)Nc2ccccc2OC)[C@H]1c1cnn(C)c1C. The van der Waals surface area contributed by atoms with E-state index in [2.05, 4.69) is 15.7 Å². The lowest BCUT2D eigenvalue weighted by atomic mass is 9.61. The minimum atomic E-state index is -1.74. The molecule has 1 aliphatic rings. The topological polar surface area (TPSA) is 132 Å². The van der Waals surface area contributed by atoms with E-state index in [1.807, 2.05) is 0 Å². The van der Waals surface area contributed by atoms with Crippen LogP contribution in [0.3, 0.4) is 0 Å². The summed E-state index contributed by atoms with van der Waals surface area (Å²) in [6.45, 7) is 3.24. The molecule has 10 heteroatoms. The molecule has 0 bridgehead atoms. The molecular weight excluding hydrogens is 488 g/mol. The Morgan fingerprint density at radius 2 is 1.53 bits per heavy atom. The minimum Gasteiger partial charge on any atom is -0.495 e. The summed E-state index contributed by atoms with van der Waals surface area (Å²) in [6, 6.07) is 13.7. The van der Waals surface area contributed by atoms with Gasteiger partial charge in [-0.1, -0.05) is 24.3 Å². The summed E-state index contributed by atoms with van der Waals surface area (Å²) >= 11 is 0. The van der Waals surface area contributed by atoms with Crippen molar-refractivity contribution in [2.45, 2.75) is 31.8 Å². The Bertz CT molecular complexity index is 1360. The van der Waals surface area contributed by atoms with Gasteiger partial charge in [0.2, 0.25) is 11.8 Å². The first-order valence-corrected chi connectivity index (χ1v) is 12.2.